The summed E-state index contributed by atoms with van der Waals surface area (Å²) >= 11 is 5.77. The van der Waals surface area contributed by atoms with Gasteiger partial charge in [0.15, 0.2) is 0 Å². The van der Waals surface area contributed by atoms with Crippen LogP contribution < -0.4 is 10.1 Å². The predicted octanol–water partition coefficient (Wildman–Crippen LogP) is 4.13. The second-order valence-corrected chi connectivity index (χ2v) is 5.80. The van der Waals surface area contributed by atoms with E-state index in [1.54, 1.807) is 6.07 Å². The number of halogens is 2. The van der Waals surface area contributed by atoms with Gasteiger partial charge >= 0.3 is 0 Å². The van der Waals surface area contributed by atoms with Gasteiger partial charge in [-0.05, 0) is 36.2 Å². The van der Waals surface area contributed by atoms with Crippen LogP contribution in [0.4, 0.5) is 4.39 Å². The molecule has 0 bridgehead atoms. The lowest BCUT2D eigenvalue weighted by Gasteiger charge is -2.35. The van der Waals surface area contributed by atoms with E-state index in [0.29, 0.717) is 5.92 Å². The molecule has 1 aliphatic rings. The molecule has 3 rings (SSSR count). The van der Waals surface area contributed by atoms with Gasteiger partial charge in [0.1, 0.15) is 17.7 Å². The fourth-order valence-corrected chi connectivity index (χ4v) is 2.59. The molecule has 0 spiro atoms. The number of ether oxygens (including phenoxy) is 1. The molecule has 2 nitrogen and oxygen atoms in total. The van der Waals surface area contributed by atoms with Gasteiger partial charge in [-0.25, -0.2) is 4.39 Å². The highest BCUT2D eigenvalue weighted by Gasteiger charge is 2.30. The maximum absolute atomic E-state index is 13.7. The van der Waals surface area contributed by atoms with E-state index in [4.69, 9.17) is 16.3 Å². The second kappa shape index (κ2) is 6.04. The van der Waals surface area contributed by atoms with E-state index in [1.165, 1.54) is 6.07 Å². The van der Waals surface area contributed by atoms with Crippen LogP contribution in [0.2, 0.25) is 5.02 Å². The van der Waals surface area contributed by atoms with E-state index in [0.717, 1.165) is 30.0 Å². The molecule has 1 aliphatic heterocycles. The third-order valence-electron chi connectivity index (χ3n) is 3.86. The summed E-state index contributed by atoms with van der Waals surface area (Å²) in [7, 11) is 0. The first kappa shape index (κ1) is 14.4. The van der Waals surface area contributed by atoms with Crippen LogP contribution in [-0.2, 0) is 0 Å². The van der Waals surface area contributed by atoms with Crippen LogP contribution in [0.25, 0.3) is 0 Å². The number of hydrogen-bond acceptors (Lipinski definition) is 2. The van der Waals surface area contributed by atoms with E-state index in [9.17, 15) is 4.39 Å². The first-order valence-corrected chi connectivity index (χ1v) is 7.41. The fourth-order valence-electron chi connectivity index (χ4n) is 2.48. The summed E-state index contributed by atoms with van der Waals surface area (Å²) in [5.74, 6) is 0.773. The Kier molecular flexibility index (Phi) is 4.13. The second-order valence-electron chi connectivity index (χ2n) is 5.40. The topological polar surface area (TPSA) is 21.3 Å². The van der Waals surface area contributed by atoms with Crippen molar-refractivity contribution < 1.29 is 9.13 Å². The Morgan fingerprint density at radius 1 is 1.24 bits per heavy atom. The molecule has 1 fully saturated rings. The van der Waals surface area contributed by atoms with Crippen molar-refractivity contribution in [3.05, 3.63) is 64.4 Å². The molecule has 0 radical (unpaired) electrons. The summed E-state index contributed by atoms with van der Waals surface area (Å²) in [5, 5.41) is 3.38. The highest BCUT2D eigenvalue weighted by Crippen LogP contribution is 2.33. The minimum atomic E-state index is -0.403. The van der Waals surface area contributed by atoms with Gasteiger partial charge in [-0.3, -0.25) is 0 Å². The Bertz CT molecular complexity index is 642. The molecule has 110 valence electrons. The summed E-state index contributed by atoms with van der Waals surface area (Å²) in [6, 6.07) is 12.8. The van der Waals surface area contributed by atoms with Gasteiger partial charge in [0.2, 0.25) is 0 Å². The van der Waals surface area contributed by atoms with Crippen LogP contribution >= 0.6 is 11.6 Å². The smallest absolute Gasteiger partial charge is 0.142 e. The van der Waals surface area contributed by atoms with Crippen molar-refractivity contribution >= 4 is 11.6 Å². The number of benzene rings is 2. The van der Waals surface area contributed by atoms with Crippen LogP contribution in [0, 0.1) is 18.7 Å². The van der Waals surface area contributed by atoms with E-state index in [1.807, 2.05) is 37.3 Å². The molecular formula is C17H17ClFNO. The minimum Gasteiger partial charge on any atom is -0.485 e. The van der Waals surface area contributed by atoms with Gasteiger partial charge in [-0.15, -0.1) is 0 Å². The van der Waals surface area contributed by atoms with Crippen molar-refractivity contribution in [3.8, 4) is 5.75 Å². The zero-order chi connectivity index (χ0) is 14.8. The Morgan fingerprint density at radius 3 is 2.62 bits per heavy atom. The SMILES string of the molecule is Cc1ccccc1O[C@H](c1ccc(Cl)c(F)c1)C1CNC1. The predicted molar refractivity (Wildman–Crippen MR) is 82.3 cm³/mol. The molecule has 0 unspecified atom stereocenters. The largest absolute Gasteiger partial charge is 0.485 e. The average Bonchev–Trinajstić information content (AvgIpc) is 2.41. The third-order valence-corrected chi connectivity index (χ3v) is 4.17. The molecule has 1 N–H and O–H groups in total. The molecule has 0 aromatic heterocycles. The zero-order valence-electron chi connectivity index (χ0n) is 11.8. The molecule has 0 amide bonds. The average molecular weight is 306 g/mol. The van der Waals surface area contributed by atoms with Gasteiger partial charge in [-0.2, -0.15) is 0 Å². The Labute approximate surface area is 128 Å². The van der Waals surface area contributed by atoms with Crippen molar-refractivity contribution in [2.45, 2.75) is 13.0 Å². The van der Waals surface area contributed by atoms with Crippen molar-refractivity contribution in [2.75, 3.05) is 13.1 Å². The summed E-state index contributed by atoms with van der Waals surface area (Å²) < 4.78 is 19.9. The maximum Gasteiger partial charge on any atom is 0.142 e. The molecule has 2 aromatic rings. The number of nitrogens with one attached hydrogen (secondary N) is 1. The van der Waals surface area contributed by atoms with Crippen molar-refractivity contribution in [1.29, 1.82) is 0 Å². The van der Waals surface area contributed by atoms with E-state index in [2.05, 4.69) is 5.32 Å². The lowest BCUT2D eigenvalue weighted by molar-refractivity contribution is 0.0983. The molecular weight excluding hydrogens is 289 g/mol. The maximum atomic E-state index is 13.7. The van der Waals surface area contributed by atoms with Gasteiger partial charge in [0, 0.05) is 19.0 Å². The number of para-hydroxylation sites is 1. The normalized spacial score (nSPS) is 16.3. The molecule has 1 atom stereocenters. The van der Waals surface area contributed by atoms with Gasteiger partial charge in [-0.1, -0.05) is 35.9 Å². The molecule has 1 heterocycles. The van der Waals surface area contributed by atoms with Crippen molar-refractivity contribution in [1.82, 2.24) is 5.32 Å². The zero-order valence-corrected chi connectivity index (χ0v) is 12.5. The minimum absolute atomic E-state index is 0.139. The standard InChI is InChI=1S/C17H17ClFNO/c1-11-4-2-3-5-16(11)21-17(13-9-20-10-13)12-6-7-14(18)15(19)8-12/h2-8,13,17,20H,9-10H2,1H3/t17-/m1/s1. The summed E-state index contributed by atoms with van der Waals surface area (Å²) in [4.78, 5) is 0. The lowest BCUT2D eigenvalue weighted by Crippen LogP contribution is -2.46. The fraction of sp³-hybridized carbons (Fsp3) is 0.294. The van der Waals surface area contributed by atoms with Crippen LogP contribution in [0.1, 0.15) is 17.2 Å². The summed E-state index contributed by atoms with van der Waals surface area (Å²) in [6.07, 6.45) is -0.167. The van der Waals surface area contributed by atoms with E-state index >= 15 is 0 Å². The Morgan fingerprint density at radius 2 is 2.00 bits per heavy atom. The van der Waals surface area contributed by atoms with Crippen molar-refractivity contribution in [3.63, 3.8) is 0 Å². The summed E-state index contributed by atoms with van der Waals surface area (Å²) in [5.41, 5.74) is 1.90. The monoisotopic (exact) mass is 305 g/mol. The van der Waals surface area contributed by atoms with Crippen LogP contribution in [-0.4, -0.2) is 13.1 Å². The molecule has 0 saturated carbocycles. The van der Waals surface area contributed by atoms with Crippen LogP contribution in [0.5, 0.6) is 5.75 Å². The molecule has 0 aliphatic carbocycles. The lowest BCUT2D eigenvalue weighted by atomic mass is 9.90. The highest BCUT2D eigenvalue weighted by atomic mass is 35.5. The number of rotatable bonds is 4. The summed E-state index contributed by atoms with van der Waals surface area (Å²) in [6.45, 7) is 3.76. The first-order chi connectivity index (χ1) is 10.1. The first-order valence-electron chi connectivity index (χ1n) is 7.03. The van der Waals surface area contributed by atoms with Crippen LogP contribution in [0.3, 0.4) is 0 Å². The molecule has 2 aromatic carbocycles. The van der Waals surface area contributed by atoms with Crippen LogP contribution in [0.15, 0.2) is 42.5 Å². The number of aryl methyl sites for hydroxylation is 1. The highest BCUT2D eigenvalue weighted by molar-refractivity contribution is 6.30. The van der Waals surface area contributed by atoms with Crippen molar-refractivity contribution in [2.24, 2.45) is 5.92 Å². The Balaban J connectivity index is 1.90. The van der Waals surface area contributed by atoms with E-state index in [-0.39, 0.29) is 11.1 Å². The van der Waals surface area contributed by atoms with E-state index < -0.39 is 5.82 Å². The van der Waals surface area contributed by atoms with Gasteiger partial charge in [0.25, 0.3) is 0 Å². The number of hydrogen-bond donors (Lipinski definition) is 1. The Hall–Kier alpha value is -1.58. The molecule has 4 heteroatoms. The molecule has 21 heavy (non-hydrogen) atoms. The quantitative estimate of drug-likeness (QED) is 0.917. The third kappa shape index (κ3) is 3.04. The molecule has 1 saturated heterocycles. The van der Waals surface area contributed by atoms with Gasteiger partial charge < -0.3 is 10.1 Å². The van der Waals surface area contributed by atoms with Gasteiger partial charge in [0.05, 0.1) is 5.02 Å².